The topological polar surface area (TPSA) is 86.7 Å². The molecule has 0 N–H and O–H groups in total. The van der Waals surface area contributed by atoms with Gasteiger partial charge in [0.2, 0.25) is 5.89 Å². The van der Waals surface area contributed by atoms with Crippen molar-refractivity contribution in [2.45, 2.75) is 31.2 Å². The van der Waals surface area contributed by atoms with Crippen molar-refractivity contribution < 1.29 is 4.52 Å². The molecule has 8 heteroatoms. The number of hydrogen-bond acceptors (Lipinski definition) is 6. The van der Waals surface area contributed by atoms with Gasteiger partial charge in [-0.1, -0.05) is 28.9 Å². The first-order chi connectivity index (χ1) is 13.7. The smallest absolute Gasteiger partial charge is 0.261 e. The number of nitrogens with zero attached hydrogens (tertiary/aromatic N) is 5. The van der Waals surface area contributed by atoms with Crippen LogP contribution in [0.25, 0.3) is 10.9 Å². The third-order valence-electron chi connectivity index (χ3n) is 5.26. The van der Waals surface area contributed by atoms with Crippen molar-refractivity contribution in [3.05, 3.63) is 81.7 Å². The standard InChI is InChI=1S/C20H16ClN5O2/c21-15-3-1-12(2-4-15)13-7-14(8-13)19-24-18(28-25-19)10-26-11-23-17-9-22-6-5-16(17)20(26)27/h1-6,9,11,13-14H,7-8,10H2. The SMILES string of the molecule is O=c1c2ccncc2ncn1Cc1nc(C2CC(c3ccc(Cl)cc3)C2)no1. The number of fused-ring (bicyclic) bond motifs is 1. The Hall–Kier alpha value is -3.06. The molecule has 1 saturated carbocycles. The van der Waals surface area contributed by atoms with Gasteiger partial charge < -0.3 is 4.52 Å². The molecule has 0 radical (unpaired) electrons. The zero-order chi connectivity index (χ0) is 19.1. The van der Waals surface area contributed by atoms with Crippen molar-refractivity contribution in [1.29, 1.82) is 0 Å². The zero-order valence-electron chi connectivity index (χ0n) is 14.8. The van der Waals surface area contributed by atoms with Crippen LogP contribution in [0, 0.1) is 0 Å². The summed E-state index contributed by atoms with van der Waals surface area (Å²) in [4.78, 5) is 25.3. The van der Waals surface area contributed by atoms with E-state index in [0.29, 0.717) is 28.5 Å². The van der Waals surface area contributed by atoms with E-state index in [4.69, 9.17) is 16.1 Å². The summed E-state index contributed by atoms with van der Waals surface area (Å²) in [7, 11) is 0. The summed E-state index contributed by atoms with van der Waals surface area (Å²) in [6.07, 6.45) is 6.58. The van der Waals surface area contributed by atoms with Crippen LogP contribution in [-0.4, -0.2) is 24.7 Å². The molecule has 0 amide bonds. The fourth-order valence-corrected chi connectivity index (χ4v) is 3.73. The molecule has 0 aliphatic heterocycles. The fourth-order valence-electron chi connectivity index (χ4n) is 3.60. The van der Waals surface area contributed by atoms with Crippen LogP contribution < -0.4 is 5.56 Å². The summed E-state index contributed by atoms with van der Waals surface area (Å²) in [5.74, 6) is 1.87. The number of hydrogen-bond donors (Lipinski definition) is 0. The molecule has 1 aromatic carbocycles. The highest BCUT2D eigenvalue weighted by atomic mass is 35.5. The van der Waals surface area contributed by atoms with E-state index >= 15 is 0 Å². The summed E-state index contributed by atoms with van der Waals surface area (Å²) < 4.78 is 6.84. The van der Waals surface area contributed by atoms with Gasteiger partial charge in [0.15, 0.2) is 5.82 Å². The quantitative estimate of drug-likeness (QED) is 0.527. The summed E-state index contributed by atoms with van der Waals surface area (Å²) in [6, 6.07) is 9.63. The number of rotatable bonds is 4. The maximum absolute atomic E-state index is 12.6. The van der Waals surface area contributed by atoms with Gasteiger partial charge in [0.25, 0.3) is 5.56 Å². The van der Waals surface area contributed by atoms with E-state index in [1.165, 1.54) is 16.5 Å². The number of aromatic nitrogens is 5. The Morgan fingerprint density at radius 1 is 1.14 bits per heavy atom. The van der Waals surface area contributed by atoms with E-state index in [0.717, 1.165) is 17.9 Å². The normalized spacial score (nSPS) is 18.9. The van der Waals surface area contributed by atoms with Crippen LogP contribution >= 0.6 is 11.6 Å². The second-order valence-electron chi connectivity index (χ2n) is 7.03. The second-order valence-corrected chi connectivity index (χ2v) is 7.47. The predicted molar refractivity (Wildman–Crippen MR) is 103 cm³/mol. The van der Waals surface area contributed by atoms with E-state index in [1.807, 2.05) is 12.1 Å². The monoisotopic (exact) mass is 393 g/mol. The minimum absolute atomic E-state index is 0.154. The Bertz CT molecular complexity index is 1200. The summed E-state index contributed by atoms with van der Waals surface area (Å²) in [6.45, 7) is 0.199. The Morgan fingerprint density at radius 2 is 1.96 bits per heavy atom. The van der Waals surface area contributed by atoms with E-state index in [9.17, 15) is 4.79 Å². The van der Waals surface area contributed by atoms with Gasteiger partial charge in [-0.2, -0.15) is 4.98 Å². The molecule has 28 heavy (non-hydrogen) atoms. The highest BCUT2D eigenvalue weighted by Gasteiger charge is 2.34. The lowest BCUT2D eigenvalue weighted by molar-refractivity contribution is 0.315. The first kappa shape index (κ1) is 17.1. The van der Waals surface area contributed by atoms with Crippen molar-refractivity contribution in [3.8, 4) is 0 Å². The van der Waals surface area contributed by atoms with E-state index < -0.39 is 0 Å². The lowest BCUT2D eigenvalue weighted by Gasteiger charge is -2.33. The minimum Gasteiger partial charge on any atom is -0.337 e. The van der Waals surface area contributed by atoms with Crippen LogP contribution in [0.3, 0.4) is 0 Å². The Balaban J connectivity index is 1.29. The Labute approximate surface area is 165 Å². The lowest BCUT2D eigenvalue weighted by atomic mass is 9.71. The lowest BCUT2D eigenvalue weighted by Crippen LogP contribution is -2.22. The van der Waals surface area contributed by atoms with Crippen LogP contribution in [0.5, 0.6) is 0 Å². The molecule has 1 fully saturated rings. The highest BCUT2D eigenvalue weighted by molar-refractivity contribution is 6.30. The van der Waals surface area contributed by atoms with Crippen molar-refractivity contribution >= 4 is 22.5 Å². The third kappa shape index (κ3) is 3.07. The molecular weight excluding hydrogens is 378 g/mol. The maximum Gasteiger partial charge on any atom is 0.261 e. The summed E-state index contributed by atoms with van der Waals surface area (Å²) >= 11 is 5.95. The van der Waals surface area contributed by atoms with Gasteiger partial charge in [-0.3, -0.25) is 14.3 Å². The maximum atomic E-state index is 12.6. The molecule has 0 atom stereocenters. The van der Waals surface area contributed by atoms with Crippen molar-refractivity contribution in [1.82, 2.24) is 24.7 Å². The van der Waals surface area contributed by atoms with Gasteiger partial charge in [-0.15, -0.1) is 0 Å². The minimum atomic E-state index is -0.154. The molecule has 140 valence electrons. The molecule has 0 bridgehead atoms. The van der Waals surface area contributed by atoms with Gasteiger partial charge >= 0.3 is 0 Å². The molecular formula is C20H16ClN5O2. The number of pyridine rings is 1. The third-order valence-corrected chi connectivity index (χ3v) is 5.51. The molecule has 1 aliphatic rings. The Morgan fingerprint density at radius 3 is 2.79 bits per heavy atom. The van der Waals surface area contributed by atoms with E-state index in [-0.39, 0.29) is 18.0 Å². The fraction of sp³-hybridized carbons (Fsp3) is 0.250. The molecule has 1 aliphatic carbocycles. The predicted octanol–water partition coefficient (Wildman–Crippen LogP) is 3.54. The number of benzene rings is 1. The first-order valence-corrected chi connectivity index (χ1v) is 9.42. The van der Waals surface area contributed by atoms with Crippen LogP contribution in [0.15, 0.2) is 58.4 Å². The molecule has 4 aromatic rings. The molecule has 3 heterocycles. The van der Waals surface area contributed by atoms with Gasteiger partial charge in [0, 0.05) is 17.1 Å². The van der Waals surface area contributed by atoms with Crippen LogP contribution in [0.4, 0.5) is 0 Å². The van der Waals surface area contributed by atoms with Crippen LogP contribution in [-0.2, 0) is 6.54 Å². The number of halogens is 1. The molecule has 5 rings (SSSR count). The van der Waals surface area contributed by atoms with Crippen LogP contribution in [0.2, 0.25) is 5.02 Å². The highest BCUT2D eigenvalue weighted by Crippen LogP contribution is 2.46. The summed E-state index contributed by atoms with van der Waals surface area (Å²) in [5.41, 5.74) is 1.70. The molecule has 7 nitrogen and oxygen atoms in total. The molecule has 0 saturated heterocycles. The largest absolute Gasteiger partial charge is 0.337 e. The van der Waals surface area contributed by atoms with Crippen molar-refractivity contribution in [2.24, 2.45) is 0 Å². The average Bonchev–Trinajstić information content (AvgIpc) is 3.13. The molecule has 3 aromatic heterocycles. The van der Waals surface area contributed by atoms with Crippen molar-refractivity contribution in [3.63, 3.8) is 0 Å². The summed E-state index contributed by atoms with van der Waals surface area (Å²) in [5, 5.41) is 5.38. The van der Waals surface area contributed by atoms with E-state index in [1.54, 1.807) is 18.5 Å². The van der Waals surface area contributed by atoms with Gasteiger partial charge in [-0.05, 0) is 42.5 Å². The zero-order valence-corrected chi connectivity index (χ0v) is 15.6. The van der Waals surface area contributed by atoms with Gasteiger partial charge in [-0.25, -0.2) is 4.98 Å². The van der Waals surface area contributed by atoms with Crippen LogP contribution in [0.1, 0.15) is 42.0 Å². The first-order valence-electron chi connectivity index (χ1n) is 9.04. The molecule has 0 spiro atoms. The van der Waals surface area contributed by atoms with Gasteiger partial charge in [0.1, 0.15) is 6.54 Å². The Kier molecular flexibility index (Phi) is 4.16. The average molecular weight is 394 g/mol. The van der Waals surface area contributed by atoms with E-state index in [2.05, 4.69) is 32.2 Å². The van der Waals surface area contributed by atoms with Gasteiger partial charge in [0.05, 0.1) is 23.4 Å². The van der Waals surface area contributed by atoms with Crippen molar-refractivity contribution in [2.75, 3.05) is 0 Å². The second kappa shape index (κ2) is 6.83. The molecule has 0 unspecified atom stereocenters.